The summed E-state index contributed by atoms with van der Waals surface area (Å²) in [5.74, 6) is -2.12. The van der Waals surface area contributed by atoms with Crippen molar-refractivity contribution in [1.82, 2.24) is 0 Å². The van der Waals surface area contributed by atoms with Gasteiger partial charge in [0, 0.05) is 11.8 Å². The molecule has 0 fully saturated rings. The lowest BCUT2D eigenvalue weighted by molar-refractivity contribution is 0.587. The van der Waals surface area contributed by atoms with Crippen LogP contribution in [0.2, 0.25) is 0 Å². The van der Waals surface area contributed by atoms with Crippen molar-refractivity contribution < 1.29 is 13.2 Å². The van der Waals surface area contributed by atoms with Crippen LogP contribution in [0.25, 0.3) is 0 Å². The Labute approximate surface area is 110 Å². The number of anilines is 3. The molecule has 6 heteroatoms. The Morgan fingerprint density at radius 2 is 1.72 bits per heavy atom. The van der Waals surface area contributed by atoms with Gasteiger partial charge in [-0.2, -0.15) is 0 Å². The molecule has 0 aliphatic rings. The number of hydrogen-bond donors (Lipinski definition) is 2. The van der Waals surface area contributed by atoms with Gasteiger partial charge in [0.25, 0.3) is 0 Å². The zero-order valence-electron chi connectivity index (χ0n) is 8.98. The highest BCUT2D eigenvalue weighted by Crippen LogP contribution is 2.28. The maximum atomic E-state index is 13.3. The number of halogens is 4. The van der Waals surface area contributed by atoms with Gasteiger partial charge in [-0.3, -0.25) is 0 Å². The highest BCUT2D eigenvalue weighted by atomic mass is 79.9. The van der Waals surface area contributed by atoms with Gasteiger partial charge in [0.15, 0.2) is 5.82 Å². The SMILES string of the molecule is Nc1c(F)cc(F)cc1Nc1ccc(Br)c(F)c1. The largest absolute Gasteiger partial charge is 0.395 e. The summed E-state index contributed by atoms with van der Waals surface area (Å²) in [6, 6.07) is 5.94. The summed E-state index contributed by atoms with van der Waals surface area (Å²) in [7, 11) is 0. The number of nitrogens with one attached hydrogen (secondary N) is 1. The molecule has 2 aromatic rings. The molecule has 0 spiro atoms. The Kier molecular flexibility index (Phi) is 3.47. The number of benzene rings is 2. The van der Waals surface area contributed by atoms with Crippen molar-refractivity contribution in [3.05, 3.63) is 52.3 Å². The summed E-state index contributed by atoms with van der Waals surface area (Å²) < 4.78 is 39.8. The second-order valence-corrected chi connectivity index (χ2v) is 4.46. The van der Waals surface area contributed by atoms with Gasteiger partial charge in [0.2, 0.25) is 0 Å². The number of nitrogens with two attached hydrogens (primary N) is 1. The fraction of sp³-hybridized carbons (Fsp3) is 0. The third-order valence-electron chi connectivity index (χ3n) is 2.29. The fourth-order valence-electron chi connectivity index (χ4n) is 1.42. The van der Waals surface area contributed by atoms with Crippen molar-refractivity contribution >= 4 is 33.0 Å². The number of hydrogen-bond acceptors (Lipinski definition) is 2. The molecule has 3 N–H and O–H groups in total. The maximum Gasteiger partial charge on any atom is 0.151 e. The number of nitrogen functional groups attached to an aromatic ring is 1. The lowest BCUT2D eigenvalue weighted by atomic mass is 10.2. The molecule has 18 heavy (non-hydrogen) atoms. The normalized spacial score (nSPS) is 10.4. The predicted octanol–water partition coefficient (Wildman–Crippen LogP) is 4.19. The average Bonchev–Trinajstić information content (AvgIpc) is 2.30. The molecule has 0 aliphatic heterocycles. The van der Waals surface area contributed by atoms with Crippen LogP contribution in [0.15, 0.2) is 34.8 Å². The molecule has 0 atom stereocenters. The van der Waals surface area contributed by atoms with E-state index >= 15 is 0 Å². The van der Waals surface area contributed by atoms with Crippen LogP contribution >= 0.6 is 15.9 Å². The molecule has 2 aromatic carbocycles. The summed E-state index contributed by atoms with van der Waals surface area (Å²) in [5.41, 5.74) is 5.63. The van der Waals surface area contributed by atoms with E-state index in [4.69, 9.17) is 5.73 Å². The van der Waals surface area contributed by atoms with Crippen LogP contribution in [-0.2, 0) is 0 Å². The standard InChI is InChI=1S/C12H8BrF3N2/c13-8-2-1-7(5-9(8)15)18-11-4-6(14)3-10(16)12(11)17/h1-5,18H,17H2. The van der Waals surface area contributed by atoms with Gasteiger partial charge in [-0.15, -0.1) is 0 Å². The van der Waals surface area contributed by atoms with Crippen LogP contribution in [0.3, 0.4) is 0 Å². The number of rotatable bonds is 2. The van der Waals surface area contributed by atoms with E-state index in [1.54, 1.807) is 6.07 Å². The van der Waals surface area contributed by atoms with Crippen molar-refractivity contribution in [3.8, 4) is 0 Å². The average molecular weight is 317 g/mol. The summed E-state index contributed by atoms with van der Waals surface area (Å²) in [6.07, 6.45) is 0. The van der Waals surface area contributed by atoms with E-state index in [1.807, 2.05) is 0 Å². The van der Waals surface area contributed by atoms with Crippen molar-refractivity contribution in [2.24, 2.45) is 0 Å². The molecule has 0 heterocycles. The highest BCUT2D eigenvalue weighted by molar-refractivity contribution is 9.10. The Bertz CT molecular complexity index is 602. The van der Waals surface area contributed by atoms with Crippen molar-refractivity contribution in [2.45, 2.75) is 0 Å². The minimum Gasteiger partial charge on any atom is -0.395 e. The molecular formula is C12H8BrF3N2. The Balaban J connectivity index is 2.36. The molecule has 0 aliphatic carbocycles. The van der Waals surface area contributed by atoms with Crippen molar-refractivity contribution in [1.29, 1.82) is 0 Å². The van der Waals surface area contributed by atoms with Gasteiger partial charge in [0.1, 0.15) is 11.6 Å². The van der Waals surface area contributed by atoms with E-state index in [2.05, 4.69) is 21.2 Å². The van der Waals surface area contributed by atoms with E-state index in [1.165, 1.54) is 12.1 Å². The van der Waals surface area contributed by atoms with E-state index in [0.717, 1.165) is 6.07 Å². The molecule has 0 radical (unpaired) electrons. The van der Waals surface area contributed by atoms with Gasteiger partial charge >= 0.3 is 0 Å². The highest BCUT2D eigenvalue weighted by Gasteiger charge is 2.09. The Morgan fingerprint density at radius 1 is 1.00 bits per heavy atom. The Morgan fingerprint density at radius 3 is 2.39 bits per heavy atom. The lowest BCUT2D eigenvalue weighted by Gasteiger charge is -2.10. The van der Waals surface area contributed by atoms with Crippen LogP contribution in [-0.4, -0.2) is 0 Å². The smallest absolute Gasteiger partial charge is 0.151 e. The first-order chi connectivity index (χ1) is 8.47. The van der Waals surface area contributed by atoms with Gasteiger partial charge in [0.05, 0.1) is 15.8 Å². The van der Waals surface area contributed by atoms with Gasteiger partial charge in [-0.05, 0) is 40.2 Å². The maximum absolute atomic E-state index is 13.3. The summed E-state index contributed by atoms with van der Waals surface area (Å²) in [6.45, 7) is 0. The summed E-state index contributed by atoms with van der Waals surface area (Å²) in [4.78, 5) is 0. The minimum absolute atomic E-state index is 0.0502. The molecule has 2 nitrogen and oxygen atoms in total. The summed E-state index contributed by atoms with van der Waals surface area (Å²) >= 11 is 3.01. The topological polar surface area (TPSA) is 38.0 Å². The zero-order valence-corrected chi connectivity index (χ0v) is 10.6. The quantitative estimate of drug-likeness (QED) is 0.815. The summed E-state index contributed by atoms with van der Waals surface area (Å²) in [5, 5.41) is 2.66. The van der Waals surface area contributed by atoms with Crippen LogP contribution in [0.1, 0.15) is 0 Å². The van der Waals surface area contributed by atoms with Gasteiger partial charge in [-0.25, -0.2) is 13.2 Å². The van der Waals surface area contributed by atoms with E-state index in [9.17, 15) is 13.2 Å². The predicted molar refractivity (Wildman–Crippen MR) is 68.2 cm³/mol. The van der Waals surface area contributed by atoms with Crippen LogP contribution < -0.4 is 11.1 Å². The first kappa shape index (κ1) is 12.8. The minimum atomic E-state index is -0.866. The molecule has 0 bridgehead atoms. The molecule has 0 amide bonds. The lowest BCUT2D eigenvalue weighted by Crippen LogP contribution is -2.00. The van der Waals surface area contributed by atoms with Crippen LogP contribution in [0, 0.1) is 17.5 Å². The van der Waals surface area contributed by atoms with Crippen LogP contribution in [0.4, 0.5) is 30.2 Å². The third-order valence-corrected chi connectivity index (χ3v) is 2.94. The molecule has 0 saturated carbocycles. The van der Waals surface area contributed by atoms with Crippen LogP contribution in [0.5, 0.6) is 0 Å². The molecule has 0 unspecified atom stereocenters. The van der Waals surface area contributed by atoms with Crippen molar-refractivity contribution in [3.63, 3.8) is 0 Å². The second kappa shape index (κ2) is 4.89. The first-order valence-corrected chi connectivity index (χ1v) is 5.73. The second-order valence-electron chi connectivity index (χ2n) is 3.60. The molecule has 94 valence electrons. The van der Waals surface area contributed by atoms with Gasteiger partial charge < -0.3 is 11.1 Å². The molecule has 0 saturated heterocycles. The van der Waals surface area contributed by atoms with Crippen molar-refractivity contribution in [2.75, 3.05) is 11.1 Å². The van der Waals surface area contributed by atoms with E-state index in [-0.39, 0.29) is 11.4 Å². The molecule has 0 aromatic heterocycles. The zero-order chi connectivity index (χ0) is 13.3. The Hall–Kier alpha value is -1.69. The fourth-order valence-corrected chi connectivity index (χ4v) is 1.66. The monoisotopic (exact) mass is 316 g/mol. The third kappa shape index (κ3) is 2.59. The van der Waals surface area contributed by atoms with E-state index in [0.29, 0.717) is 16.2 Å². The first-order valence-electron chi connectivity index (χ1n) is 4.94. The van der Waals surface area contributed by atoms with E-state index < -0.39 is 17.5 Å². The molecule has 2 rings (SSSR count). The van der Waals surface area contributed by atoms with Gasteiger partial charge in [-0.1, -0.05) is 0 Å². The molecular weight excluding hydrogens is 309 g/mol.